The first-order chi connectivity index (χ1) is 9.92. The zero-order valence-corrected chi connectivity index (χ0v) is 13.1. The molecule has 0 fully saturated rings. The van der Waals surface area contributed by atoms with Gasteiger partial charge in [0, 0.05) is 12.6 Å². The number of benzene rings is 1. The van der Waals surface area contributed by atoms with Gasteiger partial charge in [0.15, 0.2) is 0 Å². The predicted molar refractivity (Wildman–Crippen MR) is 79.2 cm³/mol. The van der Waals surface area contributed by atoms with Gasteiger partial charge >= 0.3 is 0 Å². The molecule has 0 aliphatic rings. The molecule has 1 aromatic carbocycles. The van der Waals surface area contributed by atoms with E-state index in [2.05, 4.69) is 15.2 Å². The SMILES string of the molecule is CNCc1ccc(C)c(S(=O)(=O)NCc2cc(C)on2)c1. The molecule has 2 rings (SSSR count). The molecule has 0 aliphatic heterocycles. The number of aromatic nitrogens is 1. The monoisotopic (exact) mass is 309 g/mol. The number of rotatable bonds is 6. The summed E-state index contributed by atoms with van der Waals surface area (Å²) in [6, 6.07) is 7.10. The first-order valence-corrected chi connectivity index (χ1v) is 8.06. The van der Waals surface area contributed by atoms with E-state index >= 15 is 0 Å². The van der Waals surface area contributed by atoms with Gasteiger partial charge in [-0.3, -0.25) is 0 Å². The largest absolute Gasteiger partial charge is 0.361 e. The third-order valence-electron chi connectivity index (χ3n) is 3.04. The van der Waals surface area contributed by atoms with Crippen molar-refractivity contribution in [1.29, 1.82) is 0 Å². The highest BCUT2D eigenvalue weighted by Gasteiger charge is 2.17. The van der Waals surface area contributed by atoms with E-state index in [-0.39, 0.29) is 11.4 Å². The van der Waals surface area contributed by atoms with Crippen molar-refractivity contribution in [3.05, 3.63) is 46.8 Å². The van der Waals surface area contributed by atoms with Crippen LogP contribution >= 0.6 is 0 Å². The normalized spacial score (nSPS) is 11.8. The van der Waals surface area contributed by atoms with Crippen LogP contribution in [0.25, 0.3) is 0 Å². The summed E-state index contributed by atoms with van der Waals surface area (Å²) in [6.07, 6.45) is 0. The molecular formula is C14H19N3O3S. The maximum Gasteiger partial charge on any atom is 0.241 e. The Labute approximate surface area is 124 Å². The van der Waals surface area contributed by atoms with Crippen LogP contribution < -0.4 is 10.0 Å². The zero-order chi connectivity index (χ0) is 15.5. The number of aryl methyl sites for hydroxylation is 2. The minimum absolute atomic E-state index is 0.107. The van der Waals surface area contributed by atoms with E-state index in [1.54, 1.807) is 26.0 Å². The van der Waals surface area contributed by atoms with Gasteiger partial charge in [0.05, 0.1) is 17.1 Å². The lowest BCUT2D eigenvalue weighted by Gasteiger charge is -2.10. The Morgan fingerprint density at radius 1 is 1.19 bits per heavy atom. The summed E-state index contributed by atoms with van der Waals surface area (Å²) in [4.78, 5) is 0.287. The summed E-state index contributed by atoms with van der Waals surface area (Å²) in [5.74, 6) is 0.649. The molecule has 0 aliphatic carbocycles. The van der Waals surface area contributed by atoms with Gasteiger partial charge in [-0.2, -0.15) is 0 Å². The Morgan fingerprint density at radius 2 is 1.95 bits per heavy atom. The lowest BCUT2D eigenvalue weighted by atomic mass is 10.1. The van der Waals surface area contributed by atoms with Gasteiger partial charge in [0.25, 0.3) is 0 Å². The lowest BCUT2D eigenvalue weighted by molar-refractivity contribution is 0.390. The fraction of sp³-hybridized carbons (Fsp3) is 0.357. The van der Waals surface area contributed by atoms with Crippen LogP contribution in [0.4, 0.5) is 0 Å². The predicted octanol–water partition coefficient (Wildman–Crippen LogP) is 1.49. The van der Waals surface area contributed by atoms with E-state index in [0.717, 1.165) is 5.56 Å². The number of nitrogens with zero attached hydrogens (tertiary/aromatic N) is 1. The third kappa shape index (κ3) is 3.90. The summed E-state index contributed by atoms with van der Waals surface area (Å²) in [7, 11) is -1.76. The van der Waals surface area contributed by atoms with Gasteiger partial charge in [-0.05, 0) is 38.1 Å². The van der Waals surface area contributed by atoms with Crippen LogP contribution in [0.3, 0.4) is 0 Å². The average molecular weight is 309 g/mol. The van der Waals surface area contributed by atoms with Gasteiger partial charge in [-0.25, -0.2) is 13.1 Å². The average Bonchev–Trinajstić information content (AvgIpc) is 2.85. The fourth-order valence-corrected chi connectivity index (χ4v) is 3.29. The Bertz CT molecular complexity index is 723. The second-order valence-corrected chi connectivity index (χ2v) is 6.62. The van der Waals surface area contributed by atoms with Crippen LogP contribution in [0.15, 0.2) is 33.7 Å². The van der Waals surface area contributed by atoms with Crippen molar-refractivity contribution in [3.8, 4) is 0 Å². The topological polar surface area (TPSA) is 84.2 Å². The van der Waals surface area contributed by atoms with Crippen molar-refractivity contribution < 1.29 is 12.9 Å². The van der Waals surface area contributed by atoms with Crippen molar-refractivity contribution in [2.24, 2.45) is 0 Å². The fourth-order valence-electron chi connectivity index (χ4n) is 2.00. The van der Waals surface area contributed by atoms with E-state index in [4.69, 9.17) is 4.52 Å². The molecule has 21 heavy (non-hydrogen) atoms. The van der Waals surface area contributed by atoms with Crippen LogP contribution in [0.1, 0.15) is 22.6 Å². The van der Waals surface area contributed by atoms with Crippen LogP contribution in [-0.4, -0.2) is 20.6 Å². The minimum Gasteiger partial charge on any atom is -0.361 e. The van der Waals surface area contributed by atoms with Crippen LogP contribution in [0.2, 0.25) is 0 Å². The third-order valence-corrected chi connectivity index (χ3v) is 4.59. The number of nitrogens with one attached hydrogen (secondary N) is 2. The van der Waals surface area contributed by atoms with E-state index < -0.39 is 10.0 Å². The molecule has 0 unspecified atom stereocenters. The number of hydrogen-bond acceptors (Lipinski definition) is 5. The van der Waals surface area contributed by atoms with Crippen molar-refractivity contribution in [3.63, 3.8) is 0 Å². The van der Waals surface area contributed by atoms with Crippen LogP contribution in [0, 0.1) is 13.8 Å². The smallest absolute Gasteiger partial charge is 0.241 e. The molecule has 7 heteroatoms. The molecule has 0 amide bonds. The van der Waals surface area contributed by atoms with E-state index in [0.29, 0.717) is 23.6 Å². The molecule has 0 spiro atoms. The Hall–Kier alpha value is -1.70. The first-order valence-electron chi connectivity index (χ1n) is 6.58. The highest BCUT2D eigenvalue weighted by atomic mass is 32.2. The Balaban J connectivity index is 2.20. The maximum absolute atomic E-state index is 12.4. The van der Waals surface area contributed by atoms with Crippen molar-refractivity contribution in [2.75, 3.05) is 7.05 Å². The molecule has 2 aromatic rings. The van der Waals surface area contributed by atoms with E-state index in [9.17, 15) is 8.42 Å². The number of hydrogen-bond donors (Lipinski definition) is 2. The first kappa shape index (κ1) is 15.7. The van der Waals surface area contributed by atoms with Crippen molar-refractivity contribution in [1.82, 2.24) is 15.2 Å². The van der Waals surface area contributed by atoms with E-state index in [1.165, 1.54) is 0 Å². The Kier molecular flexibility index (Phi) is 4.76. The molecule has 114 valence electrons. The molecule has 0 radical (unpaired) electrons. The van der Waals surface area contributed by atoms with E-state index in [1.807, 2.05) is 19.2 Å². The van der Waals surface area contributed by atoms with Crippen LogP contribution in [0.5, 0.6) is 0 Å². The molecule has 2 N–H and O–H groups in total. The number of sulfonamides is 1. The summed E-state index contributed by atoms with van der Waals surface area (Å²) < 4.78 is 32.3. The quantitative estimate of drug-likeness (QED) is 0.844. The standard InChI is InChI=1S/C14H19N3O3S/c1-10-4-5-12(8-15-3)7-14(10)21(18,19)16-9-13-6-11(2)20-17-13/h4-7,15-16H,8-9H2,1-3H3. The molecule has 1 aromatic heterocycles. The molecular weight excluding hydrogens is 290 g/mol. The summed E-state index contributed by atoms with van der Waals surface area (Å²) in [5, 5.41) is 6.78. The van der Waals surface area contributed by atoms with Crippen LogP contribution in [-0.2, 0) is 23.1 Å². The van der Waals surface area contributed by atoms with Gasteiger partial charge in [0.1, 0.15) is 5.76 Å². The summed E-state index contributed by atoms with van der Waals surface area (Å²) >= 11 is 0. The summed E-state index contributed by atoms with van der Waals surface area (Å²) in [5.41, 5.74) is 2.18. The second kappa shape index (κ2) is 6.38. The van der Waals surface area contributed by atoms with Gasteiger partial charge in [-0.15, -0.1) is 0 Å². The minimum atomic E-state index is -3.58. The van der Waals surface area contributed by atoms with Crippen molar-refractivity contribution >= 4 is 10.0 Å². The molecule has 1 heterocycles. The Morgan fingerprint density at radius 3 is 2.57 bits per heavy atom. The lowest BCUT2D eigenvalue weighted by Crippen LogP contribution is -2.24. The molecule has 0 atom stereocenters. The highest BCUT2D eigenvalue weighted by Crippen LogP contribution is 2.17. The van der Waals surface area contributed by atoms with Gasteiger partial charge < -0.3 is 9.84 Å². The van der Waals surface area contributed by atoms with Gasteiger partial charge in [0.2, 0.25) is 10.0 Å². The van der Waals surface area contributed by atoms with Gasteiger partial charge in [-0.1, -0.05) is 17.3 Å². The molecule has 0 bridgehead atoms. The molecule has 0 saturated heterocycles. The molecule has 0 saturated carbocycles. The highest BCUT2D eigenvalue weighted by molar-refractivity contribution is 7.89. The van der Waals surface area contributed by atoms with Crippen molar-refractivity contribution in [2.45, 2.75) is 31.8 Å². The second-order valence-electron chi connectivity index (χ2n) is 4.88. The molecule has 6 nitrogen and oxygen atoms in total. The zero-order valence-electron chi connectivity index (χ0n) is 12.3. The summed E-state index contributed by atoms with van der Waals surface area (Å²) in [6.45, 7) is 4.26. The maximum atomic E-state index is 12.4.